The van der Waals surface area contributed by atoms with Crippen LogP contribution in [-0.4, -0.2) is 30.4 Å². The molecule has 148 valence electrons. The summed E-state index contributed by atoms with van der Waals surface area (Å²) in [7, 11) is 0. The first-order chi connectivity index (χ1) is 11.5. The van der Waals surface area contributed by atoms with Crippen LogP contribution in [0, 0.1) is 5.92 Å². The van der Waals surface area contributed by atoms with Gasteiger partial charge in [0.15, 0.2) is 0 Å². The van der Waals surface area contributed by atoms with Crippen molar-refractivity contribution in [3.05, 3.63) is 35.4 Å². The monoisotopic (exact) mass is 395 g/mol. The topological polar surface area (TPSA) is 84.2 Å². The molecule has 5 nitrogen and oxygen atoms in total. The molecule has 0 aliphatic heterocycles. The highest BCUT2D eigenvalue weighted by atomic mass is 35.5. The van der Waals surface area contributed by atoms with E-state index in [4.69, 9.17) is 5.73 Å². The SMILES string of the molecule is CC(C)CC(C)(CN)NC(=O)CNC(=O)c1ccc(C(F)(F)F)cc1.Cl. The fourth-order valence-electron chi connectivity index (χ4n) is 2.54. The van der Waals surface area contributed by atoms with Gasteiger partial charge in [-0.2, -0.15) is 13.2 Å². The summed E-state index contributed by atoms with van der Waals surface area (Å²) in [6.45, 7) is 5.80. The second-order valence-corrected chi connectivity index (χ2v) is 6.67. The first kappa shape index (κ1) is 24.2. The van der Waals surface area contributed by atoms with E-state index in [-0.39, 0.29) is 31.1 Å². The molecule has 0 heterocycles. The maximum absolute atomic E-state index is 12.5. The molecule has 0 fully saturated rings. The Morgan fingerprint density at radius 1 is 1.15 bits per heavy atom. The Kier molecular flexibility index (Phi) is 9.10. The average Bonchev–Trinajstić information content (AvgIpc) is 2.51. The number of carbonyl (C=O) groups excluding carboxylic acids is 2. The van der Waals surface area contributed by atoms with Crippen molar-refractivity contribution in [1.82, 2.24) is 10.6 Å². The standard InChI is InChI=1S/C17H24F3N3O2.ClH/c1-11(2)8-16(3,10-21)23-14(24)9-22-15(25)12-4-6-13(7-5-12)17(18,19)20;/h4-7,11H,8-10,21H2,1-3H3,(H,22,25)(H,23,24);1H. The summed E-state index contributed by atoms with van der Waals surface area (Å²) in [6, 6.07) is 3.78. The van der Waals surface area contributed by atoms with Gasteiger partial charge in [0.05, 0.1) is 12.1 Å². The van der Waals surface area contributed by atoms with Crippen molar-refractivity contribution < 1.29 is 22.8 Å². The first-order valence-electron chi connectivity index (χ1n) is 7.93. The zero-order valence-electron chi connectivity index (χ0n) is 14.9. The summed E-state index contributed by atoms with van der Waals surface area (Å²) in [5.41, 5.74) is 4.33. The fourth-order valence-corrected chi connectivity index (χ4v) is 2.54. The van der Waals surface area contributed by atoms with Crippen LogP contribution >= 0.6 is 12.4 Å². The minimum absolute atomic E-state index is 0. The summed E-state index contributed by atoms with van der Waals surface area (Å²) in [5.74, 6) is -0.702. The number of amides is 2. The molecule has 4 N–H and O–H groups in total. The van der Waals surface area contributed by atoms with Crippen molar-refractivity contribution in [2.75, 3.05) is 13.1 Å². The average molecular weight is 396 g/mol. The van der Waals surface area contributed by atoms with Crippen LogP contribution in [0.5, 0.6) is 0 Å². The third-order valence-electron chi connectivity index (χ3n) is 3.63. The highest BCUT2D eigenvalue weighted by molar-refractivity contribution is 5.96. The van der Waals surface area contributed by atoms with Crippen molar-refractivity contribution in [2.45, 2.75) is 38.9 Å². The van der Waals surface area contributed by atoms with Gasteiger partial charge in [0.2, 0.25) is 5.91 Å². The molecule has 1 aromatic carbocycles. The van der Waals surface area contributed by atoms with Crippen molar-refractivity contribution in [2.24, 2.45) is 11.7 Å². The quantitative estimate of drug-likeness (QED) is 0.663. The molecule has 1 aromatic rings. The number of alkyl halides is 3. The van der Waals surface area contributed by atoms with Crippen LogP contribution < -0.4 is 16.4 Å². The summed E-state index contributed by atoms with van der Waals surface area (Å²) in [5, 5.41) is 5.17. The molecule has 1 rings (SSSR count). The Balaban J connectivity index is 0.00000625. The number of nitrogens with one attached hydrogen (secondary N) is 2. The predicted octanol–water partition coefficient (Wildman–Crippen LogP) is 2.74. The Bertz CT molecular complexity index is 606. The molecule has 26 heavy (non-hydrogen) atoms. The van der Waals surface area contributed by atoms with E-state index >= 15 is 0 Å². The zero-order valence-corrected chi connectivity index (χ0v) is 15.8. The molecule has 0 aliphatic rings. The van der Waals surface area contributed by atoms with Crippen LogP contribution in [0.25, 0.3) is 0 Å². The molecule has 0 saturated carbocycles. The van der Waals surface area contributed by atoms with Crippen LogP contribution in [0.4, 0.5) is 13.2 Å². The Morgan fingerprint density at radius 2 is 1.69 bits per heavy atom. The zero-order chi connectivity index (χ0) is 19.3. The van der Waals surface area contributed by atoms with E-state index in [0.29, 0.717) is 12.3 Å². The van der Waals surface area contributed by atoms with Gasteiger partial charge in [-0.25, -0.2) is 0 Å². The molecule has 2 amide bonds. The summed E-state index contributed by atoms with van der Waals surface area (Å²) in [6.07, 6.45) is -3.78. The van der Waals surface area contributed by atoms with Gasteiger partial charge in [-0.05, 0) is 43.5 Å². The minimum Gasteiger partial charge on any atom is -0.348 e. The van der Waals surface area contributed by atoms with Gasteiger partial charge >= 0.3 is 6.18 Å². The predicted molar refractivity (Wildman–Crippen MR) is 96.1 cm³/mol. The highest BCUT2D eigenvalue weighted by Crippen LogP contribution is 2.29. The molecule has 9 heteroatoms. The molecule has 0 saturated heterocycles. The van der Waals surface area contributed by atoms with E-state index in [2.05, 4.69) is 10.6 Å². The smallest absolute Gasteiger partial charge is 0.348 e. The number of benzene rings is 1. The molecular weight excluding hydrogens is 371 g/mol. The molecule has 1 atom stereocenters. The molecule has 0 spiro atoms. The molecule has 1 unspecified atom stereocenters. The van der Waals surface area contributed by atoms with Crippen LogP contribution in [0.3, 0.4) is 0 Å². The minimum atomic E-state index is -4.46. The normalized spacial score (nSPS) is 13.5. The lowest BCUT2D eigenvalue weighted by molar-refractivity contribution is -0.137. The van der Waals surface area contributed by atoms with E-state index < -0.39 is 29.1 Å². The number of halogens is 4. The maximum Gasteiger partial charge on any atom is 0.416 e. The van der Waals surface area contributed by atoms with Gasteiger partial charge in [0.25, 0.3) is 5.91 Å². The summed E-state index contributed by atoms with van der Waals surface area (Å²) in [4.78, 5) is 23.9. The molecule has 0 aliphatic carbocycles. The number of hydrogen-bond donors (Lipinski definition) is 3. The lowest BCUT2D eigenvalue weighted by Gasteiger charge is -2.31. The lowest BCUT2D eigenvalue weighted by Crippen LogP contribution is -2.54. The number of rotatable bonds is 7. The van der Waals surface area contributed by atoms with Gasteiger partial charge in [0.1, 0.15) is 0 Å². The van der Waals surface area contributed by atoms with Gasteiger partial charge in [0, 0.05) is 17.6 Å². The summed E-state index contributed by atoms with van der Waals surface area (Å²) >= 11 is 0. The summed E-state index contributed by atoms with van der Waals surface area (Å²) < 4.78 is 37.5. The van der Waals surface area contributed by atoms with Gasteiger partial charge in [-0.1, -0.05) is 13.8 Å². The third-order valence-corrected chi connectivity index (χ3v) is 3.63. The van der Waals surface area contributed by atoms with Crippen molar-refractivity contribution >= 4 is 24.2 Å². The highest BCUT2D eigenvalue weighted by Gasteiger charge is 2.30. The van der Waals surface area contributed by atoms with Crippen LogP contribution in [0.2, 0.25) is 0 Å². The van der Waals surface area contributed by atoms with E-state index in [1.807, 2.05) is 20.8 Å². The second kappa shape index (κ2) is 9.78. The van der Waals surface area contributed by atoms with Crippen molar-refractivity contribution in [3.8, 4) is 0 Å². The fraction of sp³-hybridized carbons (Fsp3) is 0.529. The van der Waals surface area contributed by atoms with Gasteiger partial charge in [-0.15, -0.1) is 12.4 Å². The molecule has 0 aromatic heterocycles. The number of hydrogen-bond acceptors (Lipinski definition) is 3. The first-order valence-corrected chi connectivity index (χ1v) is 7.93. The van der Waals surface area contributed by atoms with Gasteiger partial charge < -0.3 is 16.4 Å². The maximum atomic E-state index is 12.5. The third kappa shape index (κ3) is 7.61. The second-order valence-electron chi connectivity index (χ2n) is 6.67. The largest absolute Gasteiger partial charge is 0.416 e. The van der Waals surface area contributed by atoms with E-state index in [1.165, 1.54) is 0 Å². The number of carbonyl (C=O) groups is 2. The van der Waals surface area contributed by atoms with E-state index in [0.717, 1.165) is 24.3 Å². The van der Waals surface area contributed by atoms with E-state index in [9.17, 15) is 22.8 Å². The van der Waals surface area contributed by atoms with Crippen LogP contribution in [-0.2, 0) is 11.0 Å². The van der Waals surface area contributed by atoms with Crippen LogP contribution in [0.15, 0.2) is 24.3 Å². The van der Waals surface area contributed by atoms with Gasteiger partial charge in [-0.3, -0.25) is 9.59 Å². The van der Waals surface area contributed by atoms with Crippen LogP contribution in [0.1, 0.15) is 43.1 Å². The lowest BCUT2D eigenvalue weighted by atomic mass is 9.91. The molecular formula is C17H25ClF3N3O2. The Hall–Kier alpha value is -1.80. The van der Waals surface area contributed by atoms with Crippen molar-refractivity contribution in [1.29, 1.82) is 0 Å². The molecule has 0 radical (unpaired) electrons. The Morgan fingerprint density at radius 3 is 2.12 bits per heavy atom. The van der Waals surface area contributed by atoms with Crippen molar-refractivity contribution in [3.63, 3.8) is 0 Å². The number of nitrogens with two attached hydrogens (primary N) is 1. The Labute approximate surface area is 157 Å². The van der Waals surface area contributed by atoms with E-state index in [1.54, 1.807) is 0 Å². The molecule has 0 bridgehead atoms.